The van der Waals surface area contributed by atoms with Crippen LogP contribution in [0.25, 0.3) is 0 Å². The zero-order chi connectivity index (χ0) is 14.5. The van der Waals surface area contributed by atoms with Gasteiger partial charge in [-0.1, -0.05) is 0 Å². The first-order chi connectivity index (χ1) is 9.67. The van der Waals surface area contributed by atoms with Crippen LogP contribution in [0.3, 0.4) is 0 Å². The Bertz CT molecular complexity index is 663. The molecule has 102 valence electrons. The van der Waals surface area contributed by atoms with Crippen LogP contribution in [0.5, 0.6) is 11.5 Å². The van der Waals surface area contributed by atoms with Crippen LogP contribution in [-0.4, -0.2) is 14.2 Å². The van der Waals surface area contributed by atoms with Gasteiger partial charge in [-0.3, -0.25) is 0 Å². The molecule has 0 aliphatic heterocycles. The van der Waals surface area contributed by atoms with Crippen LogP contribution in [0.1, 0.15) is 5.56 Å². The Balaban J connectivity index is 2.32. The number of nitrogens with zero attached hydrogens (tertiary/aromatic N) is 1. The highest BCUT2D eigenvalue weighted by Gasteiger charge is 2.07. The van der Waals surface area contributed by atoms with E-state index in [-0.39, 0.29) is 0 Å². The third-order valence-electron chi connectivity index (χ3n) is 2.86. The highest BCUT2D eigenvalue weighted by Crippen LogP contribution is 2.33. The second-order valence-electron chi connectivity index (χ2n) is 4.11. The quantitative estimate of drug-likeness (QED) is 0.834. The molecule has 0 amide bonds. The van der Waals surface area contributed by atoms with E-state index in [9.17, 15) is 0 Å². The predicted molar refractivity (Wildman–Crippen MR) is 78.4 cm³/mol. The second-order valence-corrected chi connectivity index (χ2v) is 4.11. The van der Waals surface area contributed by atoms with Crippen molar-refractivity contribution in [2.75, 3.05) is 25.3 Å². The molecule has 0 radical (unpaired) electrons. The van der Waals surface area contributed by atoms with Gasteiger partial charge in [0, 0.05) is 6.07 Å². The molecule has 0 aliphatic rings. The SMILES string of the molecule is COc1ccc(Nc2ccc(C#N)cc2N)c(OC)c1. The van der Waals surface area contributed by atoms with E-state index in [1.54, 1.807) is 38.5 Å². The molecular weight excluding hydrogens is 254 g/mol. The van der Waals surface area contributed by atoms with Crippen LogP contribution in [0.4, 0.5) is 17.1 Å². The van der Waals surface area contributed by atoms with Crippen molar-refractivity contribution in [3.05, 3.63) is 42.0 Å². The molecule has 5 heteroatoms. The monoisotopic (exact) mass is 269 g/mol. The van der Waals surface area contributed by atoms with E-state index >= 15 is 0 Å². The predicted octanol–water partition coefficient (Wildman–Crippen LogP) is 2.90. The molecule has 0 aromatic heterocycles. The number of methoxy groups -OCH3 is 2. The number of nitrogens with one attached hydrogen (secondary N) is 1. The molecule has 0 aliphatic carbocycles. The van der Waals surface area contributed by atoms with Crippen molar-refractivity contribution in [2.24, 2.45) is 0 Å². The fourth-order valence-corrected chi connectivity index (χ4v) is 1.79. The average Bonchev–Trinajstić information content (AvgIpc) is 2.49. The number of hydrogen-bond donors (Lipinski definition) is 2. The van der Waals surface area contributed by atoms with E-state index < -0.39 is 0 Å². The number of rotatable bonds is 4. The summed E-state index contributed by atoms with van der Waals surface area (Å²) in [5.74, 6) is 1.35. The minimum absolute atomic E-state index is 0.502. The maximum atomic E-state index is 8.82. The number of nitrogens with two attached hydrogens (primary N) is 1. The van der Waals surface area contributed by atoms with Gasteiger partial charge >= 0.3 is 0 Å². The lowest BCUT2D eigenvalue weighted by Crippen LogP contribution is -1.99. The number of nitrogen functional groups attached to an aromatic ring is 1. The highest BCUT2D eigenvalue weighted by atomic mass is 16.5. The summed E-state index contributed by atoms with van der Waals surface area (Å²) in [6.07, 6.45) is 0. The number of benzene rings is 2. The average molecular weight is 269 g/mol. The van der Waals surface area contributed by atoms with E-state index in [1.165, 1.54) is 0 Å². The summed E-state index contributed by atoms with van der Waals surface area (Å²) in [5.41, 5.74) is 8.42. The van der Waals surface area contributed by atoms with Crippen LogP contribution in [-0.2, 0) is 0 Å². The highest BCUT2D eigenvalue weighted by molar-refractivity contribution is 5.76. The van der Waals surface area contributed by atoms with Crippen LogP contribution in [0, 0.1) is 11.3 Å². The summed E-state index contributed by atoms with van der Waals surface area (Å²) in [5, 5.41) is 12.0. The molecule has 0 saturated heterocycles. The third kappa shape index (κ3) is 2.75. The number of anilines is 3. The van der Waals surface area contributed by atoms with Crippen LogP contribution in [0.2, 0.25) is 0 Å². The lowest BCUT2D eigenvalue weighted by Gasteiger charge is -2.14. The number of hydrogen-bond acceptors (Lipinski definition) is 5. The molecule has 2 aromatic rings. The van der Waals surface area contributed by atoms with Gasteiger partial charge in [0.05, 0.1) is 42.9 Å². The summed E-state index contributed by atoms with van der Waals surface area (Å²) in [4.78, 5) is 0. The molecule has 0 saturated carbocycles. The largest absolute Gasteiger partial charge is 0.497 e. The summed E-state index contributed by atoms with van der Waals surface area (Å²) in [7, 11) is 3.18. The van der Waals surface area contributed by atoms with Gasteiger partial charge in [0.1, 0.15) is 11.5 Å². The lowest BCUT2D eigenvalue weighted by molar-refractivity contribution is 0.395. The molecule has 0 fully saturated rings. The first-order valence-electron chi connectivity index (χ1n) is 5.96. The Labute approximate surface area is 117 Å². The second kappa shape index (κ2) is 5.85. The Kier molecular flexibility index (Phi) is 3.96. The first kappa shape index (κ1) is 13.6. The van der Waals surface area contributed by atoms with Gasteiger partial charge in [-0.25, -0.2) is 0 Å². The molecule has 3 N–H and O–H groups in total. The molecular formula is C15H15N3O2. The van der Waals surface area contributed by atoms with Crippen molar-refractivity contribution in [1.29, 1.82) is 5.26 Å². The van der Waals surface area contributed by atoms with Gasteiger partial charge in [0.2, 0.25) is 0 Å². The van der Waals surface area contributed by atoms with E-state index in [2.05, 4.69) is 5.32 Å². The third-order valence-corrected chi connectivity index (χ3v) is 2.86. The van der Waals surface area contributed by atoms with Crippen LogP contribution in [0.15, 0.2) is 36.4 Å². The molecule has 5 nitrogen and oxygen atoms in total. The molecule has 0 heterocycles. The van der Waals surface area contributed by atoms with Crippen molar-refractivity contribution in [3.8, 4) is 17.6 Å². The Morgan fingerprint density at radius 1 is 1.05 bits per heavy atom. The number of nitriles is 1. The van der Waals surface area contributed by atoms with E-state index in [1.807, 2.05) is 18.2 Å². The Morgan fingerprint density at radius 2 is 1.80 bits per heavy atom. The minimum atomic E-state index is 0.502. The van der Waals surface area contributed by atoms with Crippen molar-refractivity contribution in [3.63, 3.8) is 0 Å². The van der Waals surface area contributed by atoms with Crippen molar-refractivity contribution in [1.82, 2.24) is 0 Å². The molecule has 0 atom stereocenters. The summed E-state index contributed by atoms with van der Waals surface area (Å²) >= 11 is 0. The minimum Gasteiger partial charge on any atom is -0.497 e. The molecule has 2 rings (SSSR count). The van der Waals surface area contributed by atoms with Crippen molar-refractivity contribution >= 4 is 17.1 Å². The molecule has 0 spiro atoms. The van der Waals surface area contributed by atoms with Gasteiger partial charge in [0.25, 0.3) is 0 Å². The van der Waals surface area contributed by atoms with Gasteiger partial charge in [-0.05, 0) is 30.3 Å². The van der Waals surface area contributed by atoms with E-state index in [0.29, 0.717) is 28.4 Å². The van der Waals surface area contributed by atoms with Crippen LogP contribution >= 0.6 is 0 Å². The fourth-order valence-electron chi connectivity index (χ4n) is 1.79. The van der Waals surface area contributed by atoms with Gasteiger partial charge in [0.15, 0.2) is 0 Å². The van der Waals surface area contributed by atoms with Gasteiger partial charge < -0.3 is 20.5 Å². The molecule has 2 aromatic carbocycles. The molecule has 20 heavy (non-hydrogen) atoms. The lowest BCUT2D eigenvalue weighted by atomic mass is 10.2. The topological polar surface area (TPSA) is 80.3 Å². The first-order valence-corrected chi connectivity index (χ1v) is 5.96. The zero-order valence-electron chi connectivity index (χ0n) is 11.3. The smallest absolute Gasteiger partial charge is 0.145 e. The molecule has 0 bridgehead atoms. The van der Waals surface area contributed by atoms with Crippen molar-refractivity contribution < 1.29 is 9.47 Å². The van der Waals surface area contributed by atoms with E-state index in [0.717, 1.165) is 5.69 Å². The fraction of sp³-hybridized carbons (Fsp3) is 0.133. The van der Waals surface area contributed by atoms with Gasteiger partial charge in [-0.2, -0.15) is 5.26 Å². The zero-order valence-corrected chi connectivity index (χ0v) is 11.3. The standard InChI is InChI=1S/C15H15N3O2/c1-19-11-4-6-14(15(8-11)20-2)18-13-5-3-10(9-16)7-12(13)17/h3-8,18H,17H2,1-2H3. The summed E-state index contributed by atoms with van der Waals surface area (Å²) < 4.78 is 10.5. The Hall–Kier alpha value is -2.87. The Morgan fingerprint density at radius 3 is 2.40 bits per heavy atom. The van der Waals surface area contributed by atoms with E-state index in [4.69, 9.17) is 20.5 Å². The van der Waals surface area contributed by atoms with Crippen LogP contribution < -0.4 is 20.5 Å². The number of ether oxygens (including phenoxy) is 2. The normalized spacial score (nSPS) is 9.65. The molecule has 0 unspecified atom stereocenters. The maximum Gasteiger partial charge on any atom is 0.145 e. The van der Waals surface area contributed by atoms with Gasteiger partial charge in [-0.15, -0.1) is 0 Å². The summed E-state index contributed by atoms with van der Waals surface area (Å²) in [6, 6.07) is 12.6. The van der Waals surface area contributed by atoms with Crippen molar-refractivity contribution in [2.45, 2.75) is 0 Å². The summed E-state index contributed by atoms with van der Waals surface area (Å²) in [6.45, 7) is 0. The maximum absolute atomic E-state index is 8.82.